The van der Waals surface area contributed by atoms with Gasteiger partial charge in [0.15, 0.2) is 0 Å². The van der Waals surface area contributed by atoms with Gasteiger partial charge in [0.25, 0.3) is 5.56 Å². The van der Waals surface area contributed by atoms with Gasteiger partial charge in [-0.15, -0.1) is 11.3 Å². The second-order valence-electron chi connectivity index (χ2n) is 6.71. The number of nitriles is 1. The van der Waals surface area contributed by atoms with Gasteiger partial charge in [0.05, 0.1) is 22.2 Å². The molecule has 2 aromatic heterocycles. The van der Waals surface area contributed by atoms with Gasteiger partial charge in [-0.2, -0.15) is 9.57 Å². The number of nitrogens with zero attached hydrogens (tertiary/aromatic N) is 5. The molecule has 9 nitrogen and oxygen atoms in total. The third kappa shape index (κ3) is 3.60. The second-order valence-corrected chi connectivity index (χ2v) is 9.51. The van der Waals surface area contributed by atoms with E-state index in [1.165, 1.54) is 43.6 Å². The number of sulfonamides is 1. The highest BCUT2D eigenvalue weighted by Crippen LogP contribution is 2.21. The second kappa shape index (κ2) is 7.98. The molecular formula is C19H17N5O4S2. The quantitative estimate of drug-likeness (QED) is 0.591. The van der Waals surface area contributed by atoms with Crippen LogP contribution >= 0.6 is 11.3 Å². The highest BCUT2D eigenvalue weighted by Gasteiger charge is 2.31. The number of fused-ring (bicyclic) bond motifs is 1. The summed E-state index contributed by atoms with van der Waals surface area (Å²) >= 11 is 1.36. The molecule has 0 spiro atoms. The maximum absolute atomic E-state index is 12.9. The number of piperazine rings is 1. The lowest BCUT2D eigenvalue weighted by atomic mass is 10.2. The number of rotatable bonds is 4. The van der Waals surface area contributed by atoms with Gasteiger partial charge in [0, 0.05) is 26.2 Å². The predicted molar refractivity (Wildman–Crippen MR) is 110 cm³/mol. The molecule has 1 aliphatic rings. The summed E-state index contributed by atoms with van der Waals surface area (Å²) in [5.41, 5.74) is -0.185. The number of hydrogen-bond donors (Lipinski definition) is 0. The average Bonchev–Trinajstić information content (AvgIpc) is 3.25. The largest absolute Gasteiger partial charge is 0.338 e. The van der Waals surface area contributed by atoms with E-state index in [0.717, 1.165) is 0 Å². The lowest BCUT2D eigenvalue weighted by molar-refractivity contribution is -0.133. The van der Waals surface area contributed by atoms with Crippen LogP contribution in [0.5, 0.6) is 0 Å². The van der Waals surface area contributed by atoms with Crippen molar-refractivity contribution in [1.82, 2.24) is 18.8 Å². The smallest absolute Gasteiger partial charge is 0.262 e. The highest BCUT2D eigenvalue weighted by atomic mass is 32.2. The topological polar surface area (TPSA) is 116 Å². The summed E-state index contributed by atoms with van der Waals surface area (Å²) in [4.78, 5) is 31.4. The van der Waals surface area contributed by atoms with Crippen molar-refractivity contribution >= 4 is 37.5 Å². The molecule has 3 aromatic rings. The Balaban J connectivity index is 1.45. The molecule has 1 saturated heterocycles. The number of carbonyl (C=O) groups is 1. The maximum atomic E-state index is 12.9. The van der Waals surface area contributed by atoms with Crippen molar-refractivity contribution in [3.8, 4) is 6.07 Å². The summed E-state index contributed by atoms with van der Waals surface area (Å²) in [6.45, 7) is 0.488. The third-order valence-corrected chi connectivity index (χ3v) is 7.75. The Labute approximate surface area is 176 Å². The maximum Gasteiger partial charge on any atom is 0.262 e. The van der Waals surface area contributed by atoms with Crippen LogP contribution in [0.4, 0.5) is 0 Å². The molecule has 30 heavy (non-hydrogen) atoms. The zero-order valence-electron chi connectivity index (χ0n) is 15.8. The van der Waals surface area contributed by atoms with Crippen LogP contribution in [-0.4, -0.2) is 59.3 Å². The van der Waals surface area contributed by atoms with E-state index in [1.807, 2.05) is 6.07 Å². The fraction of sp³-hybridized carbons (Fsp3) is 0.263. The summed E-state index contributed by atoms with van der Waals surface area (Å²) in [5, 5.41) is 11.4. The lowest BCUT2D eigenvalue weighted by Crippen LogP contribution is -2.51. The minimum atomic E-state index is -3.83. The summed E-state index contributed by atoms with van der Waals surface area (Å²) in [6.07, 6.45) is 1.36. The zero-order chi connectivity index (χ0) is 21.3. The minimum absolute atomic E-state index is 0.0334. The first kappa shape index (κ1) is 20.2. The third-order valence-electron chi connectivity index (χ3n) is 4.97. The summed E-state index contributed by atoms with van der Waals surface area (Å²) in [5.74, 6) is -0.275. The van der Waals surface area contributed by atoms with Crippen LogP contribution in [0.3, 0.4) is 0 Å². The van der Waals surface area contributed by atoms with Gasteiger partial charge in [0.2, 0.25) is 15.9 Å². The van der Waals surface area contributed by atoms with Crippen molar-refractivity contribution in [3.05, 3.63) is 58.0 Å². The Kier molecular flexibility index (Phi) is 5.38. The van der Waals surface area contributed by atoms with Crippen LogP contribution in [0.2, 0.25) is 0 Å². The molecule has 0 saturated carbocycles. The fourth-order valence-corrected chi connectivity index (χ4v) is 5.64. The van der Waals surface area contributed by atoms with Crippen molar-refractivity contribution in [1.29, 1.82) is 5.26 Å². The van der Waals surface area contributed by atoms with E-state index < -0.39 is 10.0 Å². The minimum Gasteiger partial charge on any atom is -0.338 e. The van der Waals surface area contributed by atoms with Crippen LogP contribution in [0, 0.1) is 11.3 Å². The number of carbonyl (C=O) groups excluding carboxylic acids is 1. The number of benzene rings is 1. The predicted octanol–water partition coefficient (Wildman–Crippen LogP) is 0.863. The number of hydrogen-bond acceptors (Lipinski definition) is 7. The Bertz CT molecular complexity index is 1310. The molecular weight excluding hydrogens is 426 g/mol. The van der Waals surface area contributed by atoms with Crippen LogP contribution in [-0.2, 0) is 21.4 Å². The molecule has 1 aromatic carbocycles. The summed E-state index contributed by atoms with van der Waals surface area (Å²) in [7, 11) is -3.83. The van der Waals surface area contributed by atoms with Gasteiger partial charge < -0.3 is 4.90 Å². The van der Waals surface area contributed by atoms with E-state index >= 15 is 0 Å². The molecule has 0 aliphatic carbocycles. The fourth-order valence-electron chi connectivity index (χ4n) is 3.35. The van der Waals surface area contributed by atoms with E-state index in [2.05, 4.69) is 4.98 Å². The van der Waals surface area contributed by atoms with E-state index in [9.17, 15) is 23.3 Å². The van der Waals surface area contributed by atoms with E-state index in [0.29, 0.717) is 10.2 Å². The summed E-state index contributed by atoms with van der Waals surface area (Å²) in [6, 6.07) is 9.63. The van der Waals surface area contributed by atoms with Gasteiger partial charge >= 0.3 is 0 Å². The molecule has 0 N–H and O–H groups in total. The number of thiophene rings is 1. The number of amides is 1. The molecule has 0 atom stereocenters. The van der Waals surface area contributed by atoms with Crippen molar-refractivity contribution < 1.29 is 13.2 Å². The normalized spacial score (nSPS) is 15.2. The molecule has 11 heteroatoms. The van der Waals surface area contributed by atoms with Crippen molar-refractivity contribution in [2.45, 2.75) is 11.4 Å². The van der Waals surface area contributed by atoms with E-state index in [4.69, 9.17) is 0 Å². The van der Waals surface area contributed by atoms with Gasteiger partial charge in [0.1, 0.15) is 17.4 Å². The average molecular weight is 444 g/mol. The molecule has 1 fully saturated rings. The molecule has 154 valence electrons. The Morgan fingerprint density at radius 1 is 1.17 bits per heavy atom. The van der Waals surface area contributed by atoms with Crippen molar-refractivity contribution in [2.24, 2.45) is 0 Å². The van der Waals surface area contributed by atoms with Gasteiger partial charge in [-0.05, 0) is 23.6 Å². The van der Waals surface area contributed by atoms with Gasteiger partial charge in [-0.1, -0.05) is 12.1 Å². The lowest BCUT2D eigenvalue weighted by Gasteiger charge is -2.34. The van der Waals surface area contributed by atoms with E-state index in [1.54, 1.807) is 23.6 Å². The van der Waals surface area contributed by atoms with Crippen LogP contribution in [0.15, 0.2) is 51.7 Å². The van der Waals surface area contributed by atoms with Gasteiger partial charge in [-0.25, -0.2) is 13.4 Å². The monoisotopic (exact) mass is 443 g/mol. The van der Waals surface area contributed by atoms with Crippen molar-refractivity contribution in [2.75, 3.05) is 26.2 Å². The SMILES string of the molecule is N#Cc1ccccc1S(=O)(=O)N1CCN(C(=O)Cn2cnc3sccc3c2=O)CC1. The van der Waals surface area contributed by atoms with E-state index in [-0.39, 0.29) is 54.6 Å². The first-order chi connectivity index (χ1) is 14.4. The Morgan fingerprint density at radius 2 is 1.90 bits per heavy atom. The summed E-state index contributed by atoms with van der Waals surface area (Å²) < 4.78 is 28.3. The van der Waals surface area contributed by atoms with Crippen LogP contribution in [0.1, 0.15) is 5.56 Å². The van der Waals surface area contributed by atoms with Crippen molar-refractivity contribution in [3.63, 3.8) is 0 Å². The Hall–Kier alpha value is -3.07. The molecule has 0 unspecified atom stereocenters. The van der Waals surface area contributed by atoms with Crippen LogP contribution < -0.4 is 5.56 Å². The van der Waals surface area contributed by atoms with Crippen LogP contribution in [0.25, 0.3) is 10.2 Å². The molecule has 0 radical (unpaired) electrons. The molecule has 4 rings (SSSR count). The van der Waals surface area contributed by atoms with Gasteiger partial charge in [-0.3, -0.25) is 14.2 Å². The highest BCUT2D eigenvalue weighted by molar-refractivity contribution is 7.89. The molecule has 1 amide bonds. The zero-order valence-corrected chi connectivity index (χ0v) is 17.4. The molecule has 1 aliphatic heterocycles. The molecule has 3 heterocycles. The first-order valence-electron chi connectivity index (χ1n) is 9.11. The standard InChI is InChI=1S/C19H17N5O4S2/c20-11-14-3-1-2-4-16(14)30(27,28)24-8-6-22(7-9-24)17(25)12-23-13-21-18-15(19(23)26)5-10-29-18/h1-5,10,13H,6-9,12H2. The first-order valence-corrected chi connectivity index (χ1v) is 11.4. The number of aromatic nitrogens is 2. The molecule has 0 bridgehead atoms. The Morgan fingerprint density at radius 3 is 2.63 bits per heavy atom.